The van der Waals surface area contributed by atoms with Crippen LogP contribution < -0.4 is 5.32 Å². The zero-order valence-electron chi connectivity index (χ0n) is 13.4. The number of aliphatic hydroxyl groups is 3. The van der Waals surface area contributed by atoms with Gasteiger partial charge in [0.05, 0.1) is 18.2 Å². The molecule has 0 aromatic carbocycles. The van der Waals surface area contributed by atoms with Crippen molar-refractivity contribution >= 4 is 11.9 Å². The Kier molecular flexibility index (Phi) is 10.4. The van der Waals surface area contributed by atoms with Crippen molar-refractivity contribution in [1.29, 1.82) is 0 Å². The van der Waals surface area contributed by atoms with Crippen molar-refractivity contribution in [2.24, 2.45) is 0 Å². The highest BCUT2D eigenvalue weighted by Crippen LogP contribution is 2.03. The first-order valence-corrected chi connectivity index (χ1v) is 7.54. The van der Waals surface area contributed by atoms with E-state index in [1.165, 1.54) is 12.2 Å². The van der Waals surface area contributed by atoms with Crippen molar-refractivity contribution in [3.8, 4) is 0 Å². The Morgan fingerprint density at radius 1 is 1.09 bits per heavy atom. The minimum Gasteiger partial charge on any atom is -0.463 e. The van der Waals surface area contributed by atoms with Gasteiger partial charge in [0.25, 0.3) is 0 Å². The number of ether oxygens (including phenoxy) is 1. The van der Waals surface area contributed by atoms with Crippen molar-refractivity contribution in [2.45, 2.75) is 64.4 Å². The Labute approximate surface area is 131 Å². The molecular formula is C15H27NO6. The van der Waals surface area contributed by atoms with Gasteiger partial charge in [0.2, 0.25) is 5.91 Å². The van der Waals surface area contributed by atoms with Crippen LogP contribution >= 0.6 is 0 Å². The van der Waals surface area contributed by atoms with Crippen LogP contribution in [0, 0.1) is 0 Å². The van der Waals surface area contributed by atoms with Gasteiger partial charge in [-0.1, -0.05) is 32.9 Å². The molecule has 0 radical (unpaired) electrons. The maximum Gasteiger partial charge on any atom is 0.305 e. The smallest absolute Gasteiger partial charge is 0.305 e. The van der Waals surface area contributed by atoms with Gasteiger partial charge in [-0.3, -0.25) is 9.59 Å². The molecule has 0 spiro atoms. The van der Waals surface area contributed by atoms with Gasteiger partial charge in [0.15, 0.2) is 0 Å². The van der Waals surface area contributed by atoms with Crippen molar-refractivity contribution in [2.75, 3.05) is 6.61 Å². The number of hydrogen-bond donors (Lipinski definition) is 4. The highest BCUT2D eigenvalue weighted by atomic mass is 16.5. The number of amides is 1. The number of carbonyl (C=O) groups excluding carboxylic acids is 2. The molecule has 4 N–H and O–H groups in total. The molecule has 0 aromatic rings. The lowest BCUT2D eigenvalue weighted by molar-refractivity contribution is -0.146. The summed E-state index contributed by atoms with van der Waals surface area (Å²) >= 11 is 0. The summed E-state index contributed by atoms with van der Waals surface area (Å²) in [7, 11) is 0. The Morgan fingerprint density at radius 3 is 2.23 bits per heavy atom. The van der Waals surface area contributed by atoms with Crippen LogP contribution in [0.25, 0.3) is 0 Å². The van der Waals surface area contributed by atoms with Crippen LogP contribution in [0.4, 0.5) is 0 Å². The van der Waals surface area contributed by atoms with Gasteiger partial charge < -0.3 is 25.4 Å². The largest absolute Gasteiger partial charge is 0.463 e. The predicted molar refractivity (Wildman–Crippen MR) is 80.9 cm³/mol. The fraction of sp³-hybridized carbons (Fsp3) is 0.733. The number of aliphatic hydroxyl groups excluding tert-OH is 3. The molecule has 0 bridgehead atoms. The standard InChI is InChI=1S/C15H27NO6/c1-4-10(17)7-8-13(19)11(9-22-14(20)6-3)16-15(21)12(18)5-2/h7-8,10-13,17-19H,4-6,9H2,1-3H3,(H,16,21). The third-order valence-electron chi connectivity index (χ3n) is 3.09. The summed E-state index contributed by atoms with van der Waals surface area (Å²) in [6.45, 7) is 4.83. The molecule has 128 valence electrons. The van der Waals surface area contributed by atoms with E-state index in [2.05, 4.69) is 5.32 Å². The zero-order valence-corrected chi connectivity index (χ0v) is 13.4. The summed E-state index contributed by atoms with van der Waals surface area (Å²) in [5, 5.41) is 31.4. The van der Waals surface area contributed by atoms with Crippen molar-refractivity contribution < 1.29 is 29.6 Å². The number of esters is 1. The van der Waals surface area contributed by atoms with E-state index in [-0.39, 0.29) is 19.4 Å². The quantitative estimate of drug-likeness (QED) is 0.330. The Balaban J connectivity index is 4.79. The highest BCUT2D eigenvalue weighted by molar-refractivity contribution is 5.80. The SMILES string of the molecule is CCC(=O)OCC(NC(=O)C(O)CC)C(O)C=CC(O)CC. The van der Waals surface area contributed by atoms with Crippen molar-refractivity contribution in [3.63, 3.8) is 0 Å². The van der Waals surface area contributed by atoms with Crippen LogP contribution in [0.5, 0.6) is 0 Å². The minimum absolute atomic E-state index is 0.179. The molecule has 0 aliphatic heterocycles. The van der Waals surface area contributed by atoms with Crippen LogP contribution in [0.3, 0.4) is 0 Å². The maximum absolute atomic E-state index is 11.7. The van der Waals surface area contributed by atoms with Crippen LogP contribution in [0.1, 0.15) is 40.0 Å². The normalized spacial score (nSPS) is 16.8. The summed E-state index contributed by atoms with van der Waals surface area (Å²) in [5.41, 5.74) is 0. The van der Waals surface area contributed by atoms with E-state index in [1.54, 1.807) is 20.8 Å². The molecule has 7 nitrogen and oxygen atoms in total. The Bertz CT molecular complexity index is 371. The van der Waals surface area contributed by atoms with E-state index >= 15 is 0 Å². The lowest BCUT2D eigenvalue weighted by Gasteiger charge is -2.23. The molecule has 22 heavy (non-hydrogen) atoms. The second kappa shape index (κ2) is 11.2. The van der Waals surface area contributed by atoms with Gasteiger partial charge in [0, 0.05) is 6.42 Å². The van der Waals surface area contributed by atoms with Crippen LogP contribution in [-0.4, -0.2) is 58.2 Å². The van der Waals surface area contributed by atoms with Crippen molar-refractivity contribution in [1.82, 2.24) is 5.32 Å². The molecule has 4 atom stereocenters. The molecule has 1 amide bonds. The number of hydrogen-bond acceptors (Lipinski definition) is 6. The number of rotatable bonds is 10. The summed E-state index contributed by atoms with van der Waals surface area (Å²) in [6.07, 6.45) is 0.580. The van der Waals surface area contributed by atoms with Gasteiger partial charge >= 0.3 is 5.97 Å². The Hall–Kier alpha value is -1.44. The minimum atomic E-state index is -1.19. The summed E-state index contributed by atoms with van der Waals surface area (Å²) < 4.78 is 4.93. The zero-order chi connectivity index (χ0) is 17.1. The fourth-order valence-corrected chi connectivity index (χ4v) is 1.49. The van der Waals surface area contributed by atoms with Crippen LogP contribution in [-0.2, 0) is 14.3 Å². The molecule has 0 aromatic heterocycles. The molecule has 0 saturated carbocycles. The van der Waals surface area contributed by atoms with Gasteiger partial charge in [-0.05, 0) is 12.8 Å². The van der Waals surface area contributed by atoms with E-state index in [1.807, 2.05) is 0 Å². The maximum atomic E-state index is 11.7. The lowest BCUT2D eigenvalue weighted by atomic mass is 10.1. The number of nitrogens with one attached hydrogen (secondary N) is 1. The average Bonchev–Trinajstić information content (AvgIpc) is 2.54. The molecule has 0 aliphatic rings. The summed E-state index contributed by atoms with van der Waals surface area (Å²) in [4.78, 5) is 22.9. The molecule has 7 heteroatoms. The second-order valence-electron chi connectivity index (χ2n) is 4.93. The first kappa shape index (κ1) is 20.6. The van der Waals surface area contributed by atoms with Crippen molar-refractivity contribution in [3.05, 3.63) is 12.2 Å². The topological polar surface area (TPSA) is 116 Å². The fourth-order valence-electron chi connectivity index (χ4n) is 1.49. The molecule has 0 fully saturated rings. The lowest BCUT2D eigenvalue weighted by Crippen LogP contribution is -2.49. The van der Waals surface area contributed by atoms with E-state index in [0.29, 0.717) is 6.42 Å². The van der Waals surface area contributed by atoms with Crippen LogP contribution in [0.2, 0.25) is 0 Å². The van der Waals surface area contributed by atoms with Gasteiger partial charge in [0.1, 0.15) is 12.7 Å². The third-order valence-corrected chi connectivity index (χ3v) is 3.09. The van der Waals surface area contributed by atoms with Crippen LogP contribution in [0.15, 0.2) is 12.2 Å². The predicted octanol–water partition coefficient (Wildman–Crippen LogP) is -0.117. The first-order chi connectivity index (χ1) is 10.3. The number of carbonyl (C=O) groups is 2. The monoisotopic (exact) mass is 317 g/mol. The molecular weight excluding hydrogens is 290 g/mol. The highest BCUT2D eigenvalue weighted by Gasteiger charge is 2.24. The van der Waals surface area contributed by atoms with Gasteiger partial charge in [-0.25, -0.2) is 0 Å². The second-order valence-corrected chi connectivity index (χ2v) is 4.93. The first-order valence-electron chi connectivity index (χ1n) is 7.54. The Morgan fingerprint density at radius 2 is 1.73 bits per heavy atom. The van der Waals surface area contributed by atoms with E-state index < -0.39 is 36.2 Å². The summed E-state index contributed by atoms with van der Waals surface area (Å²) in [5.74, 6) is -1.11. The molecule has 0 heterocycles. The van der Waals surface area contributed by atoms with E-state index in [4.69, 9.17) is 4.74 Å². The third kappa shape index (κ3) is 8.11. The molecule has 0 aliphatic carbocycles. The van der Waals surface area contributed by atoms with E-state index in [9.17, 15) is 24.9 Å². The molecule has 4 unspecified atom stereocenters. The van der Waals surface area contributed by atoms with E-state index in [0.717, 1.165) is 0 Å². The molecule has 0 rings (SSSR count). The van der Waals surface area contributed by atoms with Gasteiger partial charge in [-0.2, -0.15) is 0 Å². The molecule has 0 saturated heterocycles. The van der Waals surface area contributed by atoms with Gasteiger partial charge in [-0.15, -0.1) is 0 Å². The average molecular weight is 317 g/mol. The summed E-state index contributed by atoms with van der Waals surface area (Å²) in [6, 6.07) is -0.899.